The molecule has 0 radical (unpaired) electrons. The van der Waals surface area contributed by atoms with E-state index in [0.717, 1.165) is 21.0 Å². The number of ether oxygens (including phenoxy) is 3. The third-order valence-electron chi connectivity index (χ3n) is 3.97. The molecule has 1 heterocycles. The quantitative estimate of drug-likeness (QED) is 0.440. The SMILES string of the molecule is CCOC(=O)Cc1ccc(OC)cc1OCc1coc2c(Br)cc(Cl)cc12. The molecule has 2 aromatic carbocycles. The Hall–Kier alpha value is -2.18. The number of hydrogen-bond acceptors (Lipinski definition) is 5. The van der Waals surface area contributed by atoms with Crippen molar-refractivity contribution in [2.45, 2.75) is 20.0 Å². The van der Waals surface area contributed by atoms with Gasteiger partial charge in [-0.3, -0.25) is 4.79 Å². The monoisotopic (exact) mass is 452 g/mol. The first-order valence-electron chi connectivity index (χ1n) is 8.32. The summed E-state index contributed by atoms with van der Waals surface area (Å²) in [4.78, 5) is 11.9. The fraction of sp³-hybridized carbons (Fsp3) is 0.250. The summed E-state index contributed by atoms with van der Waals surface area (Å²) in [5, 5.41) is 1.46. The molecule has 5 nitrogen and oxygen atoms in total. The predicted octanol–water partition coefficient (Wildman–Crippen LogP) is 5.54. The van der Waals surface area contributed by atoms with Crippen LogP contribution >= 0.6 is 27.5 Å². The van der Waals surface area contributed by atoms with E-state index in [2.05, 4.69) is 15.9 Å². The van der Waals surface area contributed by atoms with Crippen LogP contribution in [0.3, 0.4) is 0 Å². The molecule has 0 fully saturated rings. The smallest absolute Gasteiger partial charge is 0.310 e. The van der Waals surface area contributed by atoms with Crippen molar-refractivity contribution >= 4 is 44.5 Å². The van der Waals surface area contributed by atoms with Crippen LogP contribution in [0.1, 0.15) is 18.1 Å². The van der Waals surface area contributed by atoms with Crippen LogP contribution in [-0.4, -0.2) is 19.7 Å². The van der Waals surface area contributed by atoms with Crippen molar-refractivity contribution in [1.82, 2.24) is 0 Å². The summed E-state index contributed by atoms with van der Waals surface area (Å²) in [7, 11) is 1.58. The first kappa shape index (κ1) is 19.6. The Morgan fingerprint density at radius 2 is 2.04 bits per heavy atom. The maximum atomic E-state index is 11.9. The molecule has 1 aromatic heterocycles. The maximum absolute atomic E-state index is 11.9. The number of methoxy groups -OCH3 is 1. The highest BCUT2D eigenvalue weighted by Gasteiger charge is 2.14. The topological polar surface area (TPSA) is 57.9 Å². The molecule has 0 aliphatic rings. The Bertz CT molecular complexity index is 966. The van der Waals surface area contributed by atoms with Crippen LogP contribution in [0.2, 0.25) is 5.02 Å². The van der Waals surface area contributed by atoms with E-state index in [1.54, 1.807) is 44.6 Å². The minimum atomic E-state index is -0.308. The normalized spacial score (nSPS) is 10.8. The second-order valence-electron chi connectivity index (χ2n) is 5.77. The first-order chi connectivity index (χ1) is 13.0. The Morgan fingerprint density at radius 1 is 1.22 bits per heavy atom. The van der Waals surface area contributed by atoms with Crippen LogP contribution in [-0.2, 0) is 22.6 Å². The first-order valence-corrected chi connectivity index (χ1v) is 9.49. The van der Waals surface area contributed by atoms with Crippen LogP contribution < -0.4 is 9.47 Å². The van der Waals surface area contributed by atoms with Gasteiger partial charge >= 0.3 is 5.97 Å². The fourth-order valence-corrected chi connectivity index (χ4v) is 3.59. The van der Waals surface area contributed by atoms with E-state index in [-0.39, 0.29) is 19.0 Å². The minimum Gasteiger partial charge on any atom is -0.497 e. The van der Waals surface area contributed by atoms with Crippen molar-refractivity contribution in [3.8, 4) is 11.5 Å². The van der Waals surface area contributed by atoms with Crippen LogP contribution in [0.4, 0.5) is 0 Å². The highest BCUT2D eigenvalue weighted by Crippen LogP contribution is 2.33. The lowest BCUT2D eigenvalue weighted by Crippen LogP contribution is -2.09. The lowest BCUT2D eigenvalue weighted by molar-refractivity contribution is -0.142. The second-order valence-corrected chi connectivity index (χ2v) is 7.06. The zero-order valence-corrected chi connectivity index (χ0v) is 17.2. The molecule has 0 N–H and O–H groups in total. The van der Waals surface area contributed by atoms with Crippen LogP contribution in [0.5, 0.6) is 11.5 Å². The van der Waals surface area contributed by atoms with Gasteiger partial charge in [-0.05, 0) is 41.1 Å². The zero-order valence-electron chi connectivity index (χ0n) is 14.9. The second kappa shape index (κ2) is 8.67. The average Bonchev–Trinajstić information content (AvgIpc) is 3.04. The van der Waals surface area contributed by atoms with Crippen molar-refractivity contribution in [2.75, 3.05) is 13.7 Å². The lowest BCUT2D eigenvalue weighted by atomic mass is 10.1. The molecule has 0 atom stereocenters. The van der Waals surface area contributed by atoms with Crippen molar-refractivity contribution in [3.63, 3.8) is 0 Å². The molecule has 0 aliphatic carbocycles. The molecule has 0 unspecified atom stereocenters. The van der Waals surface area contributed by atoms with Crippen molar-refractivity contribution in [2.24, 2.45) is 0 Å². The Balaban J connectivity index is 1.85. The van der Waals surface area contributed by atoms with Crippen LogP contribution in [0, 0.1) is 0 Å². The van der Waals surface area contributed by atoms with Gasteiger partial charge in [0.15, 0.2) is 0 Å². The Kier molecular flexibility index (Phi) is 6.29. The lowest BCUT2D eigenvalue weighted by Gasteiger charge is -2.12. The summed E-state index contributed by atoms with van der Waals surface area (Å²) in [5.74, 6) is 0.885. The molecule has 0 bridgehead atoms. The van der Waals surface area contributed by atoms with E-state index >= 15 is 0 Å². The standard InChI is InChI=1S/C20H18BrClO5/c1-3-25-19(23)6-12-4-5-15(24-2)9-18(12)26-10-13-11-27-20-16(13)7-14(22)8-17(20)21/h4-5,7-9,11H,3,6,10H2,1-2H3. The number of furan rings is 1. The van der Waals surface area contributed by atoms with Gasteiger partial charge in [-0.15, -0.1) is 0 Å². The minimum absolute atomic E-state index is 0.122. The third kappa shape index (κ3) is 4.57. The van der Waals surface area contributed by atoms with Crippen molar-refractivity contribution < 1.29 is 23.4 Å². The van der Waals surface area contributed by atoms with E-state index in [1.165, 1.54) is 0 Å². The molecule has 27 heavy (non-hydrogen) atoms. The maximum Gasteiger partial charge on any atom is 0.310 e. The van der Waals surface area contributed by atoms with E-state index in [4.69, 9.17) is 30.2 Å². The van der Waals surface area contributed by atoms with Gasteiger partial charge in [-0.1, -0.05) is 17.7 Å². The molecule has 3 aromatic rings. The number of carbonyl (C=O) groups excluding carboxylic acids is 1. The van der Waals surface area contributed by atoms with E-state index < -0.39 is 0 Å². The van der Waals surface area contributed by atoms with Gasteiger partial charge in [-0.2, -0.15) is 0 Å². The van der Waals surface area contributed by atoms with Gasteiger partial charge in [-0.25, -0.2) is 0 Å². The molecule has 0 saturated heterocycles. The van der Waals surface area contributed by atoms with Gasteiger partial charge in [0.2, 0.25) is 0 Å². The molecule has 3 rings (SSSR count). The zero-order chi connectivity index (χ0) is 19.4. The summed E-state index contributed by atoms with van der Waals surface area (Å²) in [6.07, 6.45) is 1.76. The molecule has 0 saturated carbocycles. The molecule has 0 aliphatic heterocycles. The molecular formula is C20H18BrClO5. The van der Waals surface area contributed by atoms with E-state index in [1.807, 2.05) is 6.07 Å². The highest BCUT2D eigenvalue weighted by atomic mass is 79.9. The number of halogens is 2. The van der Waals surface area contributed by atoms with Crippen LogP contribution in [0.15, 0.2) is 45.5 Å². The average molecular weight is 454 g/mol. The molecule has 0 spiro atoms. The van der Waals surface area contributed by atoms with Gasteiger partial charge in [0.05, 0.1) is 30.9 Å². The van der Waals surface area contributed by atoms with E-state index in [0.29, 0.717) is 28.7 Å². The fourth-order valence-electron chi connectivity index (χ4n) is 2.69. The number of carbonyl (C=O) groups is 1. The predicted molar refractivity (Wildman–Crippen MR) is 107 cm³/mol. The number of fused-ring (bicyclic) bond motifs is 1. The van der Waals surface area contributed by atoms with Gasteiger partial charge < -0.3 is 18.6 Å². The Labute approximate surface area is 170 Å². The molecule has 0 amide bonds. The van der Waals surface area contributed by atoms with E-state index in [9.17, 15) is 4.79 Å². The highest BCUT2D eigenvalue weighted by molar-refractivity contribution is 9.10. The van der Waals surface area contributed by atoms with Gasteiger partial charge in [0, 0.05) is 27.6 Å². The number of esters is 1. The number of hydrogen-bond donors (Lipinski definition) is 0. The summed E-state index contributed by atoms with van der Waals surface area (Å²) >= 11 is 9.58. The Morgan fingerprint density at radius 3 is 2.78 bits per heavy atom. The third-order valence-corrected chi connectivity index (χ3v) is 4.78. The number of benzene rings is 2. The van der Waals surface area contributed by atoms with Crippen molar-refractivity contribution in [3.05, 3.63) is 57.2 Å². The largest absolute Gasteiger partial charge is 0.497 e. The molecule has 7 heteroatoms. The van der Waals surface area contributed by atoms with Gasteiger partial charge in [0.1, 0.15) is 23.7 Å². The summed E-state index contributed by atoms with van der Waals surface area (Å²) in [6, 6.07) is 8.93. The molecular weight excluding hydrogens is 436 g/mol. The van der Waals surface area contributed by atoms with Crippen molar-refractivity contribution in [1.29, 1.82) is 0 Å². The number of rotatable bonds is 7. The van der Waals surface area contributed by atoms with Gasteiger partial charge in [0.25, 0.3) is 0 Å². The summed E-state index contributed by atoms with van der Waals surface area (Å²) < 4.78 is 22.7. The summed E-state index contributed by atoms with van der Waals surface area (Å²) in [5.41, 5.74) is 2.27. The van der Waals surface area contributed by atoms with Crippen LogP contribution in [0.25, 0.3) is 11.0 Å². The molecule has 142 valence electrons. The summed E-state index contributed by atoms with van der Waals surface area (Å²) in [6.45, 7) is 2.36.